The number of hydrogen-bond acceptors (Lipinski definition) is 4. The summed E-state index contributed by atoms with van der Waals surface area (Å²) in [6, 6.07) is 12.3. The predicted octanol–water partition coefficient (Wildman–Crippen LogP) is 3.39. The Balaban J connectivity index is 1.82. The normalized spacial score (nSPS) is 25.7. The number of amides is 1. The molecule has 4 rings (SSSR count). The Morgan fingerprint density at radius 1 is 1.23 bits per heavy atom. The fraction of sp³-hybridized carbons (Fsp3) is 0.333. The highest BCUT2D eigenvalue weighted by molar-refractivity contribution is 7.12. The number of aliphatic imine (C=N–C) groups is 1. The number of nitrogens with two attached hydrogens (primary N) is 1. The summed E-state index contributed by atoms with van der Waals surface area (Å²) in [5, 5.41) is 0. The zero-order valence-corrected chi connectivity index (χ0v) is 15.7. The number of rotatable bonds is 3. The van der Waals surface area contributed by atoms with E-state index in [1.165, 1.54) is 34.6 Å². The van der Waals surface area contributed by atoms with Crippen molar-refractivity contribution >= 4 is 23.2 Å². The SMILES string of the molecule is C#Cc1ccc([C@@]2(C)N=C(N)N(C)C(=O)[C@H]2c2ccc(C3CC3)cc2)s1. The molecule has 1 aromatic carbocycles. The molecule has 1 aliphatic carbocycles. The first-order valence-electron chi connectivity index (χ1n) is 8.73. The topological polar surface area (TPSA) is 58.7 Å². The molecule has 0 unspecified atom stereocenters. The van der Waals surface area contributed by atoms with Gasteiger partial charge < -0.3 is 5.73 Å². The van der Waals surface area contributed by atoms with E-state index < -0.39 is 11.5 Å². The van der Waals surface area contributed by atoms with Crippen molar-refractivity contribution in [3.63, 3.8) is 0 Å². The lowest BCUT2D eigenvalue weighted by Crippen LogP contribution is -2.52. The van der Waals surface area contributed by atoms with Crippen LogP contribution < -0.4 is 5.73 Å². The van der Waals surface area contributed by atoms with E-state index in [-0.39, 0.29) is 11.9 Å². The summed E-state index contributed by atoms with van der Waals surface area (Å²) in [4.78, 5) is 21.1. The summed E-state index contributed by atoms with van der Waals surface area (Å²) in [6.07, 6.45) is 8.05. The van der Waals surface area contributed by atoms with Crippen LogP contribution in [0.2, 0.25) is 0 Å². The number of hydrogen-bond donors (Lipinski definition) is 1. The summed E-state index contributed by atoms with van der Waals surface area (Å²) in [5.74, 6) is 3.10. The quantitative estimate of drug-likeness (QED) is 0.850. The summed E-state index contributed by atoms with van der Waals surface area (Å²) < 4.78 is 0. The fourth-order valence-corrected chi connectivity index (χ4v) is 4.59. The molecule has 2 atom stereocenters. The van der Waals surface area contributed by atoms with Gasteiger partial charge in [0.1, 0.15) is 5.54 Å². The van der Waals surface area contributed by atoms with Gasteiger partial charge in [-0.05, 0) is 48.9 Å². The Bertz CT molecular complexity index is 933. The molecule has 0 spiro atoms. The van der Waals surface area contributed by atoms with Gasteiger partial charge >= 0.3 is 0 Å². The van der Waals surface area contributed by atoms with E-state index in [0.29, 0.717) is 5.92 Å². The molecule has 0 radical (unpaired) electrons. The van der Waals surface area contributed by atoms with Crippen molar-refractivity contribution in [3.05, 3.63) is 57.3 Å². The number of guanidine groups is 1. The molecule has 1 aliphatic heterocycles. The lowest BCUT2D eigenvalue weighted by molar-refractivity contribution is -0.130. The van der Waals surface area contributed by atoms with Crippen LogP contribution in [0, 0.1) is 12.3 Å². The minimum Gasteiger partial charge on any atom is -0.369 e. The molecule has 1 amide bonds. The van der Waals surface area contributed by atoms with Crippen molar-refractivity contribution < 1.29 is 4.79 Å². The monoisotopic (exact) mass is 363 g/mol. The minimum atomic E-state index is -0.769. The zero-order valence-electron chi connectivity index (χ0n) is 14.9. The molecule has 1 fully saturated rings. The van der Waals surface area contributed by atoms with Gasteiger partial charge in [0, 0.05) is 11.9 Å². The Morgan fingerprint density at radius 2 is 1.88 bits per heavy atom. The fourth-order valence-electron chi connectivity index (χ4n) is 3.65. The zero-order chi connectivity index (χ0) is 18.5. The maximum Gasteiger partial charge on any atom is 0.239 e. The Kier molecular flexibility index (Phi) is 3.89. The molecule has 132 valence electrons. The Morgan fingerprint density at radius 3 is 2.46 bits per heavy atom. The largest absolute Gasteiger partial charge is 0.369 e. The molecule has 5 heteroatoms. The third kappa shape index (κ3) is 2.62. The smallest absolute Gasteiger partial charge is 0.239 e. The predicted molar refractivity (Wildman–Crippen MR) is 105 cm³/mol. The van der Waals surface area contributed by atoms with Crippen LogP contribution in [-0.2, 0) is 10.3 Å². The number of terminal acetylenes is 1. The van der Waals surface area contributed by atoms with Crippen LogP contribution >= 0.6 is 11.3 Å². The van der Waals surface area contributed by atoms with Crippen LogP contribution in [0.15, 0.2) is 41.4 Å². The van der Waals surface area contributed by atoms with E-state index in [1.807, 2.05) is 19.1 Å². The van der Waals surface area contributed by atoms with Crippen LogP contribution in [-0.4, -0.2) is 23.8 Å². The summed E-state index contributed by atoms with van der Waals surface area (Å²) in [7, 11) is 1.67. The lowest BCUT2D eigenvalue weighted by atomic mass is 9.77. The van der Waals surface area contributed by atoms with Crippen molar-refractivity contribution in [1.82, 2.24) is 4.90 Å². The highest BCUT2D eigenvalue weighted by atomic mass is 32.1. The van der Waals surface area contributed by atoms with Crippen molar-refractivity contribution in [2.75, 3.05) is 7.05 Å². The standard InChI is InChI=1S/C21H21N3OS/c1-4-16-11-12-17(26-16)21(2)18(19(25)24(3)20(22)23-21)15-9-7-14(8-10-15)13-5-6-13/h1,7-13,18H,5-6H2,2-3H3,(H2,22,23)/t18-,21-/m1/s1. The lowest BCUT2D eigenvalue weighted by Gasteiger charge is -2.40. The number of nitrogens with zero attached hydrogens (tertiary/aromatic N) is 2. The molecule has 0 saturated heterocycles. The van der Waals surface area contributed by atoms with E-state index in [2.05, 4.69) is 30.2 Å². The maximum atomic E-state index is 13.2. The molecule has 1 saturated carbocycles. The number of likely N-dealkylation sites (N-methyl/N-ethyl adjacent to an activating group) is 1. The third-order valence-electron chi connectivity index (χ3n) is 5.40. The van der Waals surface area contributed by atoms with Gasteiger partial charge in [-0.1, -0.05) is 30.2 Å². The first-order valence-corrected chi connectivity index (χ1v) is 9.55. The van der Waals surface area contributed by atoms with E-state index >= 15 is 0 Å². The molecule has 26 heavy (non-hydrogen) atoms. The second kappa shape index (κ2) is 6.00. The first-order chi connectivity index (χ1) is 12.4. The molecule has 1 aromatic heterocycles. The average molecular weight is 363 g/mol. The van der Waals surface area contributed by atoms with Gasteiger partial charge in [0.2, 0.25) is 5.91 Å². The first kappa shape index (κ1) is 16.9. The maximum absolute atomic E-state index is 13.2. The van der Waals surface area contributed by atoms with Crippen molar-refractivity contribution in [1.29, 1.82) is 0 Å². The van der Waals surface area contributed by atoms with Gasteiger partial charge in [-0.25, -0.2) is 4.99 Å². The minimum absolute atomic E-state index is 0.0465. The van der Waals surface area contributed by atoms with Gasteiger partial charge in [0.05, 0.1) is 10.8 Å². The average Bonchev–Trinajstić information content (AvgIpc) is 3.36. The van der Waals surface area contributed by atoms with E-state index in [9.17, 15) is 4.79 Å². The van der Waals surface area contributed by atoms with E-state index in [1.54, 1.807) is 7.05 Å². The van der Waals surface area contributed by atoms with Gasteiger partial charge in [0.25, 0.3) is 0 Å². The van der Waals surface area contributed by atoms with Crippen molar-refractivity contribution in [3.8, 4) is 12.3 Å². The van der Waals surface area contributed by atoms with Gasteiger partial charge in [0.15, 0.2) is 5.96 Å². The summed E-state index contributed by atoms with van der Waals surface area (Å²) in [5.41, 5.74) is 7.59. The second-order valence-corrected chi connectivity index (χ2v) is 8.28. The molecule has 0 bridgehead atoms. The molecule has 2 N–H and O–H groups in total. The molecule has 2 aromatic rings. The molecule has 2 heterocycles. The van der Waals surface area contributed by atoms with Crippen LogP contribution in [0.1, 0.15) is 52.5 Å². The summed E-state index contributed by atoms with van der Waals surface area (Å²) in [6.45, 7) is 1.97. The number of benzene rings is 1. The highest BCUT2D eigenvalue weighted by Gasteiger charge is 2.48. The van der Waals surface area contributed by atoms with Crippen LogP contribution in [0.3, 0.4) is 0 Å². The van der Waals surface area contributed by atoms with E-state index in [0.717, 1.165) is 15.3 Å². The second-order valence-electron chi connectivity index (χ2n) is 7.20. The highest BCUT2D eigenvalue weighted by Crippen LogP contribution is 2.47. The molecule has 4 nitrogen and oxygen atoms in total. The number of thiophene rings is 1. The number of carbonyl (C=O) groups is 1. The third-order valence-corrected chi connectivity index (χ3v) is 6.64. The summed E-state index contributed by atoms with van der Waals surface area (Å²) >= 11 is 1.49. The van der Waals surface area contributed by atoms with Crippen LogP contribution in [0.4, 0.5) is 0 Å². The van der Waals surface area contributed by atoms with Gasteiger partial charge in [-0.2, -0.15) is 0 Å². The van der Waals surface area contributed by atoms with E-state index in [4.69, 9.17) is 17.1 Å². The van der Waals surface area contributed by atoms with Crippen molar-refractivity contribution in [2.24, 2.45) is 10.7 Å². The van der Waals surface area contributed by atoms with Crippen LogP contribution in [0.25, 0.3) is 0 Å². The van der Waals surface area contributed by atoms with Crippen LogP contribution in [0.5, 0.6) is 0 Å². The Labute approximate surface area is 157 Å². The van der Waals surface area contributed by atoms with Crippen molar-refractivity contribution in [2.45, 2.75) is 37.1 Å². The molecular formula is C21H21N3OS. The molecule has 2 aliphatic rings. The number of carbonyl (C=O) groups excluding carboxylic acids is 1. The van der Waals surface area contributed by atoms with Gasteiger partial charge in [-0.3, -0.25) is 9.69 Å². The van der Waals surface area contributed by atoms with Gasteiger partial charge in [-0.15, -0.1) is 17.8 Å². The molecular weight excluding hydrogens is 342 g/mol. The Hall–Kier alpha value is -2.58.